The molecule has 3 aromatic heterocycles. The first-order valence-corrected chi connectivity index (χ1v) is 12.9. The van der Waals surface area contributed by atoms with Crippen molar-refractivity contribution in [3.63, 3.8) is 0 Å². The van der Waals surface area contributed by atoms with E-state index in [1.165, 1.54) is 6.20 Å². The maximum Gasteiger partial charge on any atom is 0.232 e. The molecule has 0 atom stereocenters. The van der Waals surface area contributed by atoms with Gasteiger partial charge in [0.25, 0.3) is 0 Å². The van der Waals surface area contributed by atoms with Crippen LogP contribution in [0.1, 0.15) is 29.3 Å². The Morgan fingerprint density at radius 3 is 2.51 bits per heavy atom. The van der Waals surface area contributed by atoms with Crippen molar-refractivity contribution >= 4 is 38.5 Å². The molecule has 0 radical (unpaired) electrons. The average molecular weight is 531 g/mol. The molecule has 0 fully saturated rings. The molecule has 0 aliphatic carbocycles. The third-order valence-electron chi connectivity index (χ3n) is 5.42. The Morgan fingerprint density at radius 1 is 1.08 bits per heavy atom. The van der Waals surface area contributed by atoms with Gasteiger partial charge in [0.2, 0.25) is 16.0 Å². The number of fused-ring (bicyclic) bond motifs is 1. The number of aromatic nitrogens is 4. The quantitative estimate of drug-likeness (QED) is 0.197. The molecule has 194 valence electrons. The van der Waals surface area contributed by atoms with Crippen LogP contribution in [0.15, 0.2) is 43.0 Å². The highest BCUT2D eigenvalue weighted by atomic mass is 32.2. The third kappa shape index (κ3) is 5.73. The molecule has 10 nitrogen and oxygen atoms in total. The number of H-pyrrole nitrogens is 1. The van der Waals surface area contributed by atoms with Gasteiger partial charge in [0.1, 0.15) is 17.2 Å². The van der Waals surface area contributed by atoms with Gasteiger partial charge >= 0.3 is 0 Å². The van der Waals surface area contributed by atoms with Crippen molar-refractivity contribution in [1.29, 1.82) is 0 Å². The standard InChI is InChI=1S/C24H24F2N6O4S/c1-3-8-37(34,35)32-21-19(25)5-4-16(20(21)26)22(33)18-13-29-23-17(18)9-14(10-28-23)15-11-30-24(31-12-15)27-6-7-36-2/h4-5,9-13,32H,3,6-8H2,1-2H3,(H,28,29)(H,27,30,31). The van der Waals surface area contributed by atoms with Crippen LogP contribution in [0, 0.1) is 11.6 Å². The van der Waals surface area contributed by atoms with Crippen LogP contribution in [-0.4, -0.2) is 60.2 Å². The number of carbonyl (C=O) groups excluding carboxylic acids is 1. The first-order valence-electron chi connectivity index (χ1n) is 11.3. The molecule has 0 aliphatic rings. The van der Waals surface area contributed by atoms with E-state index in [0.717, 1.165) is 12.1 Å². The van der Waals surface area contributed by atoms with Crippen LogP contribution in [0.25, 0.3) is 22.2 Å². The lowest BCUT2D eigenvalue weighted by molar-refractivity contribution is 0.103. The molecule has 0 unspecified atom stereocenters. The number of aromatic amines is 1. The summed E-state index contributed by atoms with van der Waals surface area (Å²) in [5.41, 5.74) is 0.309. The molecule has 0 aliphatic heterocycles. The number of nitrogens with zero attached hydrogens (tertiary/aromatic N) is 3. The molecule has 3 N–H and O–H groups in total. The number of halogens is 2. The number of hydrogen-bond acceptors (Lipinski definition) is 8. The fourth-order valence-corrected chi connectivity index (χ4v) is 4.76. The molecule has 13 heteroatoms. The van der Waals surface area contributed by atoms with Crippen LogP contribution in [-0.2, 0) is 14.8 Å². The number of pyridine rings is 1. The average Bonchev–Trinajstić information content (AvgIpc) is 3.30. The Hall–Kier alpha value is -3.97. The number of hydrogen-bond donors (Lipinski definition) is 3. The van der Waals surface area contributed by atoms with Crippen molar-refractivity contribution in [3.8, 4) is 11.1 Å². The first-order chi connectivity index (χ1) is 17.7. The summed E-state index contributed by atoms with van der Waals surface area (Å²) in [6, 6.07) is 3.50. The summed E-state index contributed by atoms with van der Waals surface area (Å²) < 4.78 is 60.5. The molecule has 1 aromatic carbocycles. The van der Waals surface area contributed by atoms with Crippen molar-refractivity contribution in [2.75, 3.05) is 36.1 Å². The van der Waals surface area contributed by atoms with E-state index in [0.29, 0.717) is 41.3 Å². The Kier molecular flexibility index (Phi) is 7.74. The summed E-state index contributed by atoms with van der Waals surface area (Å²) in [7, 11) is -2.40. The van der Waals surface area contributed by atoms with Gasteiger partial charge in [-0.3, -0.25) is 9.52 Å². The largest absolute Gasteiger partial charge is 0.383 e. The zero-order chi connectivity index (χ0) is 26.6. The zero-order valence-corrected chi connectivity index (χ0v) is 20.8. The molecule has 0 bridgehead atoms. The van der Waals surface area contributed by atoms with Gasteiger partial charge in [0.05, 0.1) is 17.9 Å². The van der Waals surface area contributed by atoms with Gasteiger partial charge in [0.15, 0.2) is 11.6 Å². The van der Waals surface area contributed by atoms with E-state index in [-0.39, 0.29) is 17.7 Å². The van der Waals surface area contributed by atoms with E-state index in [1.54, 1.807) is 38.7 Å². The maximum absolute atomic E-state index is 15.2. The van der Waals surface area contributed by atoms with Gasteiger partial charge in [-0.15, -0.1) is 0 Å². The van der Waals surface area contributed by atoms with E-state index in [2.05, 4.69) is 25.3 Å². The van der Waals surface area contributed by atoms with Crippen molar-refractivity contribution in [2.45, 2.75) is 13.3 Å². The second kappa shape index (κ2) is 11.0. The van der Waals surface area contributed by atoms with E-state index in [9.17, 15) is 17.6 Å². The molecule has 0 spiro atoms. The number of rotatable bonds is 11. The highest BCUT2D eigenvalue weighted by Gasteiger charge is 2.25. The summed E-state index contributed by atoms with van der Waals surface area (Å²) in [5.74, 6) is -3.10. The Bertz CT molecular complexity index is 1540. The number of ketones is 1. The Labute approximate surface area is 211 Å². The van der Waals surface area contributed by atoms with Crippen LogP contribution in [0.4, 0.5) is 20.4 Å². The fourth-order valence-electron chi connectivity index (χ4n) is 3.62. The molecule has 3 heterocycles. The molecule has 4 rings (SSSR count). The number of sulfonamides is 1. The summed E-state index contributed by atoms with van der Waals surface area (Å²) in [5, 5.41) is 3.40. The molecular formula is C24H24F2N6O4S. The summed E-state index contributed by atoms with van der Waals surface area (Å²) >= 11 is 0. The van der Waals surface area contributed by atoms with Crippen LogP contribution in [0.2, 0.25) is 0 Å². The van der Waals surface area contributed by atoms with Gasteiger partial charge in [0, 0.05) is 60.5 Å². The second-order valence-electron chi connectivity index (χ2n) is 8.07. The molecule has 0 saturated heterocycles. The van der Waals surface area contributed by atoms with Gasteiger partial charge in [-0.2, -0.15) is 0 Å². The van der Waals surface area contributed by atoms with E-state index in [4.69, 9.17) is 4.74 Å². The van der Waals surface area contributed by atoms with Crippen molar-refractivity contribution in [3.05, 3.63) is 65.7 Å². The zero-order valence-electron chi connectivity index (χ0n) is 20.0. The van der Waals surface area contributed by atoms with Gasteiger partial charge < -0.3 is 15.0 Å². The van der Waals surface area contributed by atoms with Crippen molar-refractivity contribution in [2.24, 2.45) is 0 Å². The predicted molar refractivity (Wildman–Crippen MR) is 135 cm³/mol. The molecule has 4 aromatic rings. The Morgan fingerprint density at radius 2 is 1.81 bits per heavy atom. The molecule has 0 saturated carbocycles. The lowest BCUT2D eigenvalue weighted by Gasteiger charge is -2.11. The first kappa shape index (κ1) is 26.1. The Balaban J connectivity index is 1.66. The summed E-state index contributed by atoms with van der Waals surface area (Å²) in [6.07, 6.45) is 6.37. The van der Waals surface area contributed by atoms with Gasteiger partial charge in [-0.1, -0.05) is 6.92 Å². The molecule has 0 amide bonds. The minimum absolute atomic E-state index is 0.0796. The topological polar surface area (TPSA) is 139 Å². The van der Waals surface area contributed by atoms with E-state index in [1.807, 2.05) is 4.72 Å². The van der Waals surface area contributed by atoms with E-state index >= 15 is 4.39 Å². The van der Waals surface area contributed by atoms with Crippen LogP contribution in [0.3, 0.4) is 0 Å². The van der Waals surface area contributed by atoms with E-state index < -0.39 is 38.7 Å². The van der Waals surface area contributed by atoms with Gasteiger partial charge in [-0.25, -0.2) is 32.2 Å². The maximum atomic E-state index is 15.2. The molecular weight excluding hydrogens is 506 g/mol. The number of benzene rings is 1. The fraction of sp³-hybridized carbons (Fsp3) is 0.250. The van der Waals surface area contributed by atoms with Crippen LogP contribution >= 0.6 is 0 Å². The van der Waals surface area contributed by atoms with Gasteiger partial charge in [-0.05, 0) is 24.6 Å². The number of ether oxygens (including phenoxy) is 1. The normalized spacial score (nSPS) is 11.6. The lowest BCUT2D eigenvalue weighted by Crippen LogP contribution is -2.19. The number of anilines is 2. The minimum atomic E-state index is -3.99. The number of nitrogens with one attached hydrogen (secondary N) is 3. The highest BCUT2D eigenvalue weighted by Crippen LogP contribution is 2.29. The smallest absolute Gasteiger partial charge is 0.232 e. The third-order valence-corrected chi connectivity index (χ3v) is 6.88. The number of methoxy groups -OCH3 is 1. The summed E-state index contributed by atoms with van der Waals surface area (Å²) in [6.45, 7) is 2.66. The highest BCUT2D eigenvalue weighted by molar-refractivity contribution is 7.92. The van der Waals surface area contributed by atoms with Crippen LogP contribution < -0.4 is 10.0 Å². The minimum Gasteiger partial charge on any atom is -0.383 e. The SMILES string of the molecule is CCCS(=O)(=O)Nc1c(F)ccc(C(=O)c2c[nH]c3ncc(-c4cnc(NCCOC)nc4)cc23)c1F. The summed E-state index contributed by atoms with van der Waals surface area (Å²) in [4.78, 5) is 29.0. The van der Waals surface area contributed by atoms with Crippen molar-refractivity contribution < 1.29 is 26.7 Å². The monoisotopic (exact) mass is 530 g/mol. The van der Waals surface area contributed by atoms with Crippen LogP contribution in [0.5, 0.6) is 0 Å². The van der Waals surface area contributed by atoms with Crippen molar-refractivity contribution in [1.82, 2.24) is 19.9 Å². The second-order valence-corrected chi connectivity index (χ2v) is 9.91. The lowest BCUT2D eigenvalue weighted by atomic mass is 10.0. The molecule has 37 heavy (non-hydrogen) atoms. The number of carbonyl (C=O) groups is 1. The predicted octanol–water partition coefficient (Wildman–Crippen LogP) is 3.74.